The van der Waals surface area contributed by atoms with Crippen molar-refractivity contribution in [2.45, 2.75) is 20.8 Å². The molecule has 0 atom stereocenters. The van der Waals surface area contributed by atoms with Gasteiger partial charge in [0.05, 0.1) is 5.69 Å². The van der Waals surface area contributed by atoms with Gasteiger partial charge in [0.2, 0.25) is 0 Å². The Morgan fingerprint density at radius 2 is 1.62 bits per heavy atom. The highest BCUT2D eigenvalue weighted by Crippen LogP contribution is 2.30. The minimum absolute atomic E-state index is 0.278. The molecule has 1 heterocycles. The fraction of sp³-hybridized carbons (Fsp3) is 0.158. The highest BCUT2D eigenvalue weighted by Gasteiger charge is 2.15. The Balaban J connectivity index is 1.83. The Morgan fingerprint density at radius 1 is 1.00 bits per heavy atom. The highest BCUT2D eigenvalue weighted by molar-refractivity contribution is 7.17. The van der Waals surface area contributed by atoms with Crippen molar-refractivity contribution in [1.29, 1.82) is 0 Å². The van der Waals surface area contributed by atoms with E-state index in [-0.39, 0.29) is 4.88 Å². The van der Waals surface area contributed by atoms with Crippen molar-refractivity contribution >= 4 is 17.3 Å². The van der Waals surface area contributed by atoms with E-state index in [9.17, 15) is 4.79 Å². The van der Waals surface area contributed by atoms with Crippen LogP contribution in [-0.2, 0) is 0 Å². The molecule has 0 unspecified atom stereocenters. The minimum atomic E-state index is -0.939. The maximum Gasteiger partial charge on any atom is 0.347 e. The van der Waals surface area contributed by atoms with Crippen molar-refractivity contribution < 1.29 is 14.6 Å². The largest absolute Gasteiger partial charge is 0.477 e. The normalized spacial score (nSPS) is 10.6. The molecule has 0 saturated carbocycles. The molecule has 5 heteroatoms. The average Bonchev–Trinajstić information content (AvgIpc) is 2.89. The van der Waals surface area contributed by atoms with Crippen LogP contribution in [0.4, 0.5) is 0 Å². The summed E-state index contributed by atoms with van der Waals surface area (Å²) in [5, 5.41) is 9.83. The molecule has 1 aromatic heterocycles. The Hall–Kier alpha value is -2.66. The van der Waals surface area contributed by atoms with Crippen molar-refractivity contribution in [1.82, 2.24) is 4.98 Å². The van der Waals surface area contributed by atoms with Gasteiger partial charge in [0, 0.05) is 5.56 Å². The summed E-state index contributed by atoms with van der Waals surface area (Å²) >= 11 is 1.18. The van der Waals surface area contributed by atoms with Crippen LogP contribution in [0.25, 0.3) is 10.6 Å². The van der Waals surface area contributed by atoms with Crippen LogP contribution >= 0.6 is 11.3 Å². The predicted molar refractivity (Wildman–Crippen MR) is 95.2 cm³/mol. The van der Waals surface area contributed by atoms with Crippen molar-refractivity contribution in [3.8, 4) is 22.1 Å². The lowest BCUT2D eigenvalue weighted by Gasteiger charge is -2.08. The Morgan fingerprint density at radius 3 is 2.17 bits per heavy atom. The fourth-order valence-corrected chi connectivity index (χ4v) is 3.42. The number of carboxylic acids is 1. The van der Waals surface area contributed by atoms with Gasteiger partial charge >= 0.3 is 5.97 Å². The summed E-state index contributed by atoms with van der Waals surface area (Å²) in [4.78, 5) is 15.7. The van der Waals surface area contributed by atoms with E-state index >= 15 is 0 Å². The number of thiazole rings is 1. The van der Waals surface area contributed by atoms with Crippen molar-refractivity contribution in [3.05, 3.63) is 64.2 Å². The van der Waals surface area contributed by atoms with E-state index in [1.807, 2.05) is 50.2 Å². The van der Waals surface area contributed by atoms with Gasteiger partial charge in [-0.1, -0.05) is 6.07 Å². The van der Waals surface area contributed by atoms with Crippen LogP contribution in [0.2, 0.25) is 0 Å². The monoisotopic (exact) mass is 339 g/mol. The van der Waals surface area contributed by atoms with Crippen LogP contribution < -0.4 is 4.74 Å². The number of hydrogen-bond acceptors (Lipinski definition) is 4. The standard InChI is InChI=1S/C19H17NO3S/c1-11-8-12(2)10-16(9-11)23-15-6-4-14(5-7-15)18-20-13(3)17(24-18)19(21)22/h4-10H,1-3H3,(H,21,22). The first-order chi connectivity index (χ1) is 11.4. The van der Waals surface area contributed by atoms with Gasteiger partial charge in [0.1, 0.15) is 21.4 Å². The molecule has 0 fully saturated rings. The van der Waals surface area contributed by atoms with Gasteiger partial charge in [-0.15, -0.1) is 11.3 Å². The second kappa shape index (κ2) is 6.45. The molecule has 4 nitrogen and oxygen atoms in total. The van der Waals surface area contributed by atoms with Gasteiger partial charge in [-0.05, 0) is 68.3 Å². The molecule has 0 aliphatic carbocycles. The zero-order valence-electron chi connectivity index (χ0n) is 13.7. The number of carbonyl (C=O) groups is 1. The first-order valence-electron chi connectivity index (χ1n) is 7.49. The van der Waals surface area contributed by atoms with Crippen molar-refractivity contribution in [2.75, 3.05) is 0 Å². The van der Waals surface area contributed by atoms with Gasteiger partial charge in [0.15, 0.2) is 0 Å². The van der Waals surface area contributed by atoms with E-state index in [0.29, 0.717) is 10.7 Å². The lowest BCUT2D eigenvalue weighted by Crippen LogP contribution is -1.94. The third-order valence-electron chi connectivity index (χ3n) is 3.52. The molecule has 1 N–H and O–H groups in total. The lowest BCUT2D eigenvalue weighted by atomic mass is 10.1. The molecule has 2 aromatic carbocycles. The van der Waals surface area contributed by atoms with Crippen LogP contribution in [0, 0.1) is 20.8 Å². The molecule has 3 aromatic rings. The van der Waals surface area contributed by atoms with Crippen molar-refractivity contribution in [2.24, 2.45) is 0 Å². The number of carboxylic acid groups (broad SMARTS) is 1. The predicted octanol–water partition coefficient (Wildman–Crippen LogP) is 5.23. The minimum Gasteiger partial charge on any atom is -0.477 e. The maximum atomic E-state index is 11.1. The summed E-state index contributed by atoms with van der Waals surface area (Å²) in [6.07, 6.45) is 0. The third-order valence-corrected chi connectivity index (χ3v) is 4.72. The quantitative estimate of drug-likeness (QED) is 0.707. The number of benzene rings is 2. The molecule has 0 aliphatic rings. The van der Waals surface area contributed by atoms with Crippen molar-refractivity contribution in [3.63, 3.8) is 0 Å². The summed E-state index contributed by atoms with van der Waals surface area (Å²) < 4.78 is 5.89. The summed E-state index contributed by atoms with van der Waals surface area (Å²) in [6.45, 7) is 5.78. The first kappa shape index (κ1) is 16.2. The summed E-state index contributed by atoms with van der Waals surface area (Å²) in [5.41, 5.74) is 3.73. The van der Waals surface area contributed by atoms with E-state index in [4.69, 9.17) is 9.84 Å². The number of nitrogens with zero attached hydrogens (tertiary/aromatic N) is 1. The van der Waals surface area contributed by atoms with Crippen LogP contribution in [0.15, 0.2) is 42.5 Å². The van der Waals surface area contributed by atoms with Gasteiger partial charge in [0.25, 0.3) is 0 Å². The van der Waals surface area contributed by atoms with Crippen LogP contribution in [-0.4, -0.2) is 16.1 Å². The highest BCUT2D eigenvalue weighted by atomic mass is 32.1. The Bertz CT molecular complexity index is 877. The Kier molecular flexibility index (Phi) is 4.36. The average molecular weight is 339 g/mol. The van der Waals surface area contributed by atoms with Gasteiger partial charge in [-0.2, -0.15) is 0 Å². The SMILES string of the molecule is Cc1cc(C)cc(Oc2ccc(-c3nc(C)c(C(=O)O)s3)cc2)c1. The number of aromatic carboxylic acids is 1. The van der Waals surface area contributed by atoms with E-state index < -0.39 is 5.97 Å². The van der Waals surface area contributed by atoms with Crippen LogP contribution in [0.5, 0.6) is 11.5 Å². The molecule has 0 spiro atoms. The number of aromatic nitrogens is 1. The number of aryl methyl sites for hydroxylation is 3. The van der Waals surface area contributed by atoms with E-state index in [1.165, 1.54) is 11.3 Å². The molecule has 0 amide bonds. The fourth-order valence-electron chi connectivity index (χ4n) is 2.51. The summed E-state index contributed by atoms with van der Waals surface area (Å²) in [7, 11) is 0. The zero-order valence-corrected chi connectivity index (χ0v) is 14.5. The topological polar surface area (TPSA) is 59.4 Å². The third kappa shape index (κ3) is 3.46. The molecular weight excluding hydrogens is 322 g/mol. The summed E-state index contributed by atoms with van der Waals surface area (Å²) in [6, 6.07) is 13.6. The molecule has 0 bridgehead atoms. The molecular formula is C19H17NO3S. The van der Waals surface area contributed by atoms with Gasteiger partial charge in [-0.25, -0.2) is 9.78 Å². The van der Waals surface area contributed by atoms with E-state index in [2.05, 4.69) is 11.1 Å². The van der Waals surface area contributed by atoms with Gasteiger partial charge in [-0.3, -0.25) is 0 Å². The van der Waals surface area contributed by atoms with Crippen LogP contribution in [0.1, 0.15) is 26.5 Å². The molecule has 0 aliphatic heterocycles. The molecule has 0 radical (unpaired) electrons. The molecule has 24 heavy (non-hydrogen) atoms. The number of ether oxygens (including phenoxy) is 1. The van der Waals surface area contributed by atoms with E-state index in [1.54, 1.807) is 6.92 Å². The molecule has 122 valence electrons. The smallest absolute Gasteiger partial charge is 0.347 e. The lowest BCUT2D eigenvalue weighted by molar-refractivity contribution is 0.0701. The summed E-state index contributed by atoms with van der Waals surface area (Å²) in [5.74, 6) is 0.597. The number of rotatable bonds is 4. The zero-order chi connectivity index (χ0) is 17.3. The van der Waals surface area contributed by atoms with Gasteiger partial charge < -0.3 is 9.84 Å². The maximum absolute atomic E-state index is 11.1. The Labute approximate surface area is 144 Å². The first-order valence-corrected chi connectivity index (χ1v) is 8.31. The van der Waals surface area contributed by atoms with Crippen LogP contribution in [0.3, 0.4) is 0 Å². The second-order valence-electron chi connectivity index (χ2n) is 5.69. The van der Waals surface area contributed by atoms with E-state index in [0.717, 1.165) is 28.2 Å². The molecule has 3 rings (SSSR count). The number of hydrogen-bond donors (Lipinski definition) is 1. The second-order valence-corrected chi connectivity index (χ2v) is 6.69. The molecule has 0 saturated heterocycles.